The van der Waals surface area contributed by atoms with Crippen molar-refractivity contribution in [2.24, 2.45) is 5.73 Å². The number of nitrogens with zero attached hydrogens (tertiary/aromatic N) is 3. The minimum absolute atomic E-state index is 0.113. The van der Waals surface area contributed by atoms with Gasteiger partial charge in [0.05, 0.1) is 18.4 Å². The largest absolute Gasteiger partial charge is 0.376 e. The molecule has 0 spiro atoms. The summed E-state index contributed by atoms with van der Waals surface area (Å²) in [4.78, 5) is 13.8. The summed E-state index contributed by atoms with van der Waals surface area (Å²) in [5.74, 6) is 0. The highest BCUT2D eigenvalue weighted by molar-refractivity contribution is 5.40. The molecule has 0 aliphatic heterocycles. The maximum absolute atomic E-state index is 12.0. The standard InChI is InChI=1S/C14H18N4O/c1-17(2)13-7-14(19)18(16-9-13)10-12-6-4-3-5-11(12)8-15/h3-7,9H,8,10,15H2,1-2H3. The lowest BCUT2D eigenvalue weighted by molar-refractivity contribution is 0.634. The summed E-state index contributed by atoms with van der Waals surface area (Å²) >= 11 is 0. The summed E-state index contributed by atoms with van der Waals surface area (Å²) in [7, 11) is 3.76. The molecule has 1 aromatic heterocycles. The van der Waals surface area contributed by atoms with Crippen LogP contribution in [0.15, 0.2) is 41.3 Å². The molecule has 5 nitrogen and oxygen atoms in total. The van der Waals surface area contributed by atoms with Crippen LogP contribution in [0.25, 0.3) is 0 Å². The van der Waals surface area contributed by atoms with Crippen molar-refractivity contribution in [3.8, 4) is 0 Å². The second-order valence-corrected chi connectivity index (χ2v) is 4.58. The molecule has 0 saturated heterocycles. The zero-order chi connectivity index (χ0) is 13.8. The van der Waals surface area contributed by atoms with E-state index >= 15 is 0 Å². The van der Waals surface area contributed by atoms with Gasteiger partial charge < -0.3 is 10.6 Å². The molecule has 100 valence electrons. The molecular weight excluding hydrogens is 240 g/mol. The van der Waals surface area contributed by atoms with Gasteiger partial charge in [0.25, 0.3) is 5.56 Å². The van der Waals surface area contributed by atoms with Crippen molar-refractivity contribution in [3.63, 3.8) is 0 Å². The molecule has 0 amide bonds. The molecule has 1 aromatic carbocycles. The minimum Gasteiger partial charge on any atom is -0.376 e. The summed E-state index contributed by atoms with van der Waals surface area (Å²) in [6.07, 6.45) is 1.69. The molecule has 0 atom stereocenters. The van der Waals surface area contributed by atoms with Crippen LogP contribution in [0.3, 0.4) is 0 Å². The Hall–Kier alpha value is -2.14. The van der Waals surface area contributed by atoms with Gasteiger partial charge in [-0.05, 0) is 11.1 Å². The van der Waals surface area contributed by atoms with E-state index < -0.39 is 0 Å². The number of hydrogen-bond donors (Lipinski definition) is 1. The summed E-state index contributed by atoms with van der Waals surface area (Å²) in [5.41, 5.74) is 8.44. The maximum Gasteiger partial charge on any atom is 0.269 e. The highest BCUT2D eigenvalue weighted by Gasteiger charge is 2.05. The van der Waals surface area contributed by atoms with Crippen LogP contribution in [0.5, 0.6) is 0 Å². The Kier molecular flexibility index (Phi) is 3.97. The Morgan fingerprint density at radius 3 is 2.53 bits per heavy atom. The van der Waals surface area contributed by atoms with E-state index in [9.17, 15) is 4.79 Å². The van der Waals surface area contributed by atoms with Gasteiger partial charge in [-0.15, -0.1) is 0 Å². The summed E-state index contributed by atoms with van der Waals surface area (Å²) in [5, 5.41) is 4.19. The summed E-state index contributed by atoms with van der Waals surface area (Å²) < 4.78 is 1.45. The molecule has 0 aliphatic carbocycles. The van der Waals surface area contributed by atoms with E-state index in [2.05, 4.69) is 5.10 Å². The molecule has 5 heteroatoms. The van der Waals surface area contributed by atoms with E-state index in [1.807, 2.05) is 43.3 Å². The van der Waals surface area contributed by atoms with Crippen molar-refractivity contribution in [2.75, 3.05) is 19.0 Å². The Bertz CT molecular complexity index is 619. The number of nitrogens with two attached hydrogens (primary N) is 1. The maximum atomic E-state index is 12.0. The lowest BCUT2D eigenvalue weighted by Gasteiger charge is -2.13. The topological polar surface area (TPSA) is 64.2 Å². The van der Waals surface area contributed by atoms with Crippen LogP contribution < -0.4 is 16.2 Å². The SMILES string of the molecule is CN(C)c1cnn(Cc2ccccc2CN)c(=O)c1. The van der Waals surface area contributed by atoms with Gasteiger partial charge in [-0.3, -0.25) is 4.79 Å². The number of hydrogen-bond acceptors (Lipinski definition) is 4. The molecule has 0 fully saturated rings. The van der Waals surface area contributed by atoms with Crippen LogP contribution in [0.2, 0.25) is 0 Å². The van der Waals surface area contributed by atoms with Crippen molar-refractivity contribution in [1.82, 2.24) is 9.78 Å². The summed E-state index contributed by atoms with van der Waals surface area (Å²) in [6.45, 7) is 0.903. The predicted octanol–water partition coefficient (Wildman–Crippen LogP) is 0.816. The molecule has 1 heterocycles. The molecule has 19 heavy (non-hydrogen) atoms. The quantitative estimate of drug-likeness (QED) is 0.881. The minimum atomic E-state index is -0.113. The molecule has 2 N–H and O–H groups in total. The Morgan fingerprint density at radius 1 is 1.26 bits per heavy atom. The van der Waals surface area contributed by atoms with Crippen molar-refractivity contribution >= 4 is 5.69 Å². The second-order valence-electron chi connectivity index (χ2n) is 4.58. The van der Waals surface area contributed by atoms with Gasteiger partial charge in [-0.25, -0.2) is 4.68 Å². The van der Waals surface area contributed by atoms with Gasteiger partial charge in [0.2, 0.25) is 0 Å². The first kappa shape index (κ1) is 13.3. The second kappa shape index (κ2) is 5.67. The normalized spacial score (nSPS) is 10.5. The van der Waals surface area contributed by atoms with Crippen LogP contribution in [-0.4, -0.2) is 23.9 Å². The number of aromatic nitrogens is 2. The van der Waals surface area contributed by atoms with Gasteiger partial charge >= 0.3 is 0 Å². The van der Waals surface area contributed by atoms with Gasteiger partial charge in [0, 0.05) is 26.7 Å². The fourth-order valence-corrected chi connectivity index (χ4v) is 1.86. The zero-order valence-corrected chi connectivity index (χ0v) is 11.2. The van der Waals surface area contributed by atoms with Crippen LogP contribution >= 0.6 is 0 Å². The van der Waals surface area contributed by atoms with E-state index in [1.54, 1.807) is 12.3 Å². The van der Waals surface area contributed by atoms with E-state index in [-0.39, 0.29) is 5.56 Å². The van der Waals surface area contributed by atoms with Crippen molar-refractivity contribution in [2.45, 2.75) is 13.1 Å². The van der Waals surface area contributed by atoms with Gasteiger partial charge in [0.1, 0.15) is 0 Å². The number of benzene rings is 1. The van der Waals surface area contributed by atoms with Crippen LogP contribution in [0, 0.1) is 0 Å². The van der Waals surface area contributed by atoms with E-state index in [4.69, 9.17) is 5.73 Å². The van der Waals surface area contributed by atoms with Gasteiger partial charge in [-0.2, -0.15) is 5.10 Å². The van der Waals surface area contributed by atoms with Crippen LogP contribution in [0.1, 0.15) is 11.1 Å². The lowest BCUT2D eigenvalue weighted by atomic mass is 10.1. The molecule has 0 saturated carbocycles. The predicted molar refractivity (Wildman–Crippen MR) is 76.3 cm³/mol. The highest BCUT2D eigenvalue weighted by atomic mass is 16.1. The van der Waals surface area contributed by atoms with Crippen molar-refractivity contribution in [3.05, 3.63) is 58.0 Å². The Balaban J connectivity index is 2.31. The van der Waals surface area contributed by atoms with Gasteiger partial charge in [0.15, 0.2) is 0 Å². The van der Waals surface area contributed by atoms with E-state index in [1.165, 1.54) is 4.68 Å². The van der Waals surface area contributed by atoms with Crippen molar-refractivity contribution < 1.29 is 0 Å². The molecule has 0 bridgehead atoms. The smallest absolute Gasteiger partial charge is 0.269 e. The Morgan fingerprint density at radius 2 is 1.95 bits per heavy atom. The molecule has 0 radical (unpaired) electrons. The third-order valence-corrected chi connectivity index (χ3v) is 3.03. The first-order chi connectivity index (χ1) is 9.11. The lowest BCUT2D eigenvalue weighted by Crippen LogP contribution is -2.25. The number of anilines is 1. The Labute approximate surface area is 112 Å². The highest BCUT2D eigenvalue weighted by Crippen LogP contribution is 2.09. The number of rotatable bonds is 4. The van der Waals surface area contributed by atoms with Crippen molar-refractivity contribution in [1.29, 1.82) is 0 Å². The third kappa shape index (κ3) is 3.00. The molecule has 2 aromatic rings. The average molecular weight is 258 g/mol. The fraction of sp³-hybridized carbons (Fsp3) is 0.286. The van der Waals surface area contributed by atoms with Crippen LogP contribution in [0.4, 0.5) is 5.69 Å². The zero-order valence-electron chi connectivity index (χ0n) is 11.2. The summed E-state index contributed by atoms with van der Waals surface area (Å²) in [6, 6.07) is 9.40. The first-order valence-electron chi connectivity index (χ1n) is 6.13. The van der Waals surface area contributed by atoms with Gasteiger partial charge in [-0.1, -0.05) is 24.3 Å². The molecule has 0 aliphatic rings. The third-order valence-electron chi connectivity index (χ3n) is 3.03. The first-order valence-corrected chi connectivity index (χ1v) is 6.13. The average Bonchev–Trinajstić information content (AvgIpc) is 2.41. The van der Waals surface area contributed by atoms with Crippen LogP contribution in [-0.2, 0) is 13.1 Å². The van der Waals surface area contributed by atoms with E-state index in [0.717, 1.165) is 16.8 Å². The monoisotopic (exact) mass is 258 g/mol. The molecule has 2 rings (SSSR count). The molecule has 0 unspecified atom stereocenters. The molecular formula is C14H18N4O. The fourth-order valence-electron chi connectivity index (χ4n) is 1.86. The van der Waals surface area contributed by atoms with E-state index in [0.29, 0.717) is 13.1 Å².